The molecule has 0 unspecified atom stereocenters. The molecule has 2 nitrogen and oxygen atoms in total. The molecule has 0 heterocycles. The van der Waals surface area contributed by atoms with Crippen LogP contribution in [0.3, 0.4) is 0 Å². The van der Waals surface area contributed by atoms with Gasteiger partial charge < -0.3 is 4.74 Å². The summed E-state index contributed by atoms with van der Waals surface area (Å²) in [6.07, 6.45) is 6.62. The minimum atomic E-state index is -0.0698. The Balaban J connectivity index is 1.91. The van der Waals surface area contributed by atoms with Gasteiger partial charge in [0.25, 0.3) is 0 Å². The molecule has 2 rings (SSSR count). The molecule has 0 bridgehead atoms. The smallest absolute Gasteiger partial charge is 0.178 e. The molecule has 0 amide bonds. The van der Waals surface area contributed by atoms with E-state index in [-0.39, 0.29) is 5.78 Å². The normalized spacial score (nSPS) is 11.2. The van der Waals surface area contributed by atoms with Gasteiger partial charge in [-0.2, -0.15) is 0 Å². The van der Waals surface area contributed by atoms with Crippen molar-refractivity contribution >= 4 is 45.5 Å². The van der Waals surface area contributed by atoms with Gasteiger partial charge in [-0.1, -0.05) is 63.9 Å². The molecule has 0 spiro atoms. The Morgan fingerprint density at radius 3 is 2.00 bits per heavy atom. The second-order valence-electron chi connectivity index (χ2n) is 4.73. The second kappa shape index (κ2) is 9.33. The average molecular weight is 392 g/mol. The first-order valence-corrected chi connectivity index (χ1v) is 8.62. The SMILES string of the molecule is O=C(C=Cc1ccc(Cl)cc1)C=Cc1ccc(OCCBr)cc1. The van der Waals surface area contributed by atoms with Crippen LogP contribution in [-0.2, 0) is 4.79 Å². The van der Waals surface area contributed by atoms with E-state index < -0.39 is 0 Å². The maximum Gasteiger partial charge on any atom is 0.178 e. The Morgan fingerprint density at radius 2 is 1.48 bits per heavy atom. The van der Waals surface area contributed by atoms with Crippen LogP contribution in [0.4, 0.5) is 0 Å². The number of alkyl halides is 1. The first kappa shape index (κ1) is 17.5. The first-order chi connectivity index (χ1) is 11.2. The van der Waals surface area contributed by atoms with Crippen LogP contribution in [0.1, 0.15) is 11.1 Å². The number of carbonyl (C=O) groups excluding carboxylic acids is 1. The number of ketones is 1. The highest BCUT2D eigenvalue weighted by molar-refractivity contribution is 9.09. The van der Waals surface area contributed by atoms with E-state index in [0.29, 0.717) is 11.6 Å². The van der Waals surface area contributed by atoms with Crippen LogP contribution in [0, 0.1) is 0 Å². The fourth-order valence-corrected chi connectivity index (χ4v) is 2.11. The first-order valence-electron chi connectivity index (χ1n) is 7.12. The fourth-order valence-electron chi connectivity index (χ4n) is 1.82. The number of allylic oxidation sites excluding steroid dienone is 2. The molecular formula is C19H16BrClO2. The largest absolute Gasteiger partial charge is 0.493 e. The Labute approximate surface area is 149 Å². The van der Waals surface area contributed by atoms with Gasteiger partial charge in [0.15, 0.2) is 5.78 Å². The van der Waals surface area contributed by atoms with E-state index in [1.807, 2.05) is 36.4 Å². The summed E-state index contributed by atoms with van der Waals surface area (Å²) >= 11 is 9.13. The van der Waals surface area contributed by atoms with Crippen molar-refractivity contribution < 1.29 is 9.53 Å². The van der Waals surface area contributed by atoms with Gasteiger partial charge in [0.1, 0.15) is 5.75 Å². The van der Waals surface area contributed by atoms with Gasteiger partial charge in [-0.05, 0) is 47.5 Å². The van der Waals surface area contributed by atoms with Crippen molar-refractivity contribution in [1.82, 2.24) is 0 Å². The standard InChI is InChI=1S/C19H16BrClO2/c20-13-14-23-19-11-5-16(6-12-19)4-10-18(22)9-3-15-1-7-17(21)8-2-15/h1-12H,13-14H2. The van der Waals surface area contributed by atoms with Crippen molar-refractivity contribution in [2.45, 2.75) is 0 Å². The van der Waals surface area contributed by atoms with E-state index in [0.717, 1.165) is 22.2 Å². The van der Waals surface area contributed by atoms with E-state index in [1.54, 1.807) is 30.4 Å². The molecular weight excluding hydrogens is 376 g/mol. The third-order valence-corrected chi connectivity index (χ3v) is 3.55. The molecule has 23 heavy (non-hydrogen) atoms. The van der Waals surface area contributed by atoms with Crippen LogP contribution in [0.2, 0.25) is 5.02 Å². The molecule has 0 saturated carbocycles. The Hall–Kier alpha value is -1.84. The summed E-state index contributed by atoms with van der Waals surface area (Å²) in [6.45, 7) is 0.628. The molecule has 2 aromatic carbocycles. The second-order valence-corrected chi connectivity index (χ2v) is 5.96. The number of rotatable bonds is 7. The number of ether oxygens (including phenoxy) is 1. The van der Waals surface area contributed by atoms with Gasteiger partial charge in [0, 0.05) is 10.4 Å². The van der Waals surface area contributed by atoms with Gasteiger partial charge in [0.2, 0.25) is 0 Å². The maximum atomic E-state index is 11.8. The number of benzene rings is 2. The number of halogens is 2. The monoisotopic (exact) mass is 390 g/mol. The molecule has 0 saturated heterocycles. The minimum Gasteiger partial charge on any atom is -0.493 e. The molecule has 118 valence electrons. The van der Waals surface area contributed by atoms with Crippen LogP contribution in [0.25, 0.3) is 12.2 Å². The van der Waals surface area contributed by atoms with Crippen molar-refractivity contribution in [3.8, 4) is 5.75 Å². The predicted molar refractivity (Wildman–Crippen MR) is 100 cm³/mol. The van der Waals surface area contributed by atoms with Gasteiger partial charge in [-0.3, -0.25) is 4.79 Å². The lowest BCUT2D eigenvalue weighted by molar-refractivity contribution is -0.110. The summed E-state index contributed by atoms with van der Waals surface area (Å²) in [5, 5.41) is 1.47. The summed E-state index contributed by atoms with van der Waals surface area (Å²) in [5.41, 5.74) is 1.88. The molecule has 2 aromatic rings. The van der Waals surface area contributed by atoms with Gasteiger partial charge in [0.05, 0.1) is 6.61 Å². The maximum absolute atomic E-state index is 11.8. The van der Waals surface area contributed by atoms with Gasteiger partial charge >= 0.3 is 0 Å². The molecule has 4 heteroatoms. The summed E-state index contributed by atoms with van der Waals surface area (Å²) < 4.78 is 5.47. The van der Waals surface area contributed by atoms with Gasteiger partial charge in [-0.15, -0.1) is 0 Å². The number of carbonyl (C=O) groups is 1. The zero-order valence-corrected chi connectivity index (χ0v) is 14.8. The molecule has 0 atom stereocenters. The topological polar surface area (TPSA) is 26.3 Å². The van der Waals surface area contributed by atoms with E-state index in [9.17, 15) is 4.79 Å². The van der Waals surface area contributed by atoms with E-state index >= 15 is 0 Å². The lowest BCUT2D eigenvalue weighted by Gasteiger charge is -2.03. The van der Waals surface area contributed by atoms with Gasteiger partial charge in [-0.25, -0.2) is 0 Å². The molecule has 0 aromatic heterocycles. The number of hydrogen-bond acceptors (Lipinski definition) is 2. The molecule has 0 aliphatic rings. The van der Waals surface area contributed by atoms with Crippen molar-refractivity contribution in [2.75, 3.05) is 11.9 Å². The Kier molecular flexibility index (Phi) is 7.11. The third kappa shape index (κ3) is 6.43. The van der Waals surface area contributed by atoms with Crippen LogP contribution in [0.5, 0.6) is 5.75 Å². The number of hydrogen-bond donors (Lipinski definition) is 0. The molecule has 0 aliphatic heterocycles. The van der Waals surface area contributed by atoms with Crippen molar-refractivity contribution in [3.63, 3.8) is 0 Å². The zero-order chi connectivity index (χ0) is 16.5. The highest BCUT2D eigenvalue weighted by Crippen LogP contribution is 2.14. The minimum absolute atomic E-state index is 0.0698. The summed E-state index contributed by atoms with van der Waals surface area (Å²) in [6, 6.07) is 14.9. The van der Waals surface area contributed by atoms with E-state index in [1.165, 1.54) is 6.08 Å². The lowest BCUT2D eigenvalue weighted by Crippen LogP contribution is -1.97. The highest BCUT2D eigenvalue weighted by Gasteiger charge is 1.95. The predicted octanol–water partition coefficient (Wildman–Crippen LogP) is 5.41. The van der Waals surface area contributed by atoms with Crippen LogP contribution in [-0.4, -0.2) is 17.7 Å². The van der Waals surface area contributed by atoms with Crippen molar-refractivity contribution in [3.05, 3.63) is 76.8 Å². The highest BCUT2D eigenvalue weighted by atomic mass is 79.9. The van der Waals surface area contributed by atoms with Crippen LogP contribution < -0.4 is 4.74 Å². The van der Waals surface area contributed by atoms with Crippen LogP contribution >= 0.6 is 27.5 Å². The van der Waals surface area contributed by atoms with Crippen LogP contribution in [0.15, 0.2) is 60.7 Å². The molecule has 0 fully saturated rings. The molecule has 0 aliphatic carbocycles. The quantitative estimate of drug-likeness (QED) is 0.466. The van der Waals surface area contributed by atoms with E-state index in [4.69, 9.17) is 16.3 Å². The third-order valence-electron chi connectivity index (χ3n) is 2.98. The summed E-state index contributed by atoms with van der Waals surface area (Å²) in [5.74, 6) is 0.745. The fraction of sp³-hybridized carbons (Fsp3) is 0.105. The van der Waals surface area contributed by atoms with E-state index in [2.05, 4.69) is 15.9 Å². The lowest BCUT2D eigenvalue weighted by atomic mass is 10.1. The Morgan fingerprint density at radius 1 is 0.957 bits per heavy atom. The summed E-state index contributed by atoms with van der Waals surface area (Å²) in [4.78, 5) is 11.8. The van der Waals surface area contributed by atoms with Crippen molar-refractivity contribution in [1.29, 1.82) is 0 Å². The molecule has 0 radical (unpaired) electrons. The summed E-state index contributed by atoms with van der Waals surface area (Å²) in [7, 11) is 0. The van der Waals surface area contributed by atoms with Crippen molar-refractivity contribution in [2.24, 2.45) is 0 Å². The molecule has 0 N–H and O–H groups in total. The Bertz CT molecular complexity index is 688. The average Bonchev–Trinajstić information content (AvgIpc) is 2.58. The zero-order valence-electron chi connectivity index (χ0n) is 12.4.